The third-order valence-electron chi connectivity index (χ3n) is 1.90. The highest BCUT2D eigenvalue weighted by Gasteiger charge is 2.07. The highest BCUT2D eigenvalue weighted by atomic mass is 16.5. The van der Waals surface area contributed by atoms with Crippen molar-refractivity contribution in [2.75, 3.05) is 6.61 Å². The summed E-state index contributed by atoms with van der Waals surface area (Å²) in [5.41, 5.74) is 0. The molecule has 0 rings (SSSR count). The molecule has 4 nitrogen and oxygen atoms in total. The van der Waals surface area contributed by atoms with Crippen molar-refractivity contribution in [1.82, 2.24) is 0 Å². The summed E-state index contributed by atoms with van der Waals surface area (Å²) < 4.78 is 4.70. The van der Waals surface area contributed by atoms with E-state index in [0.29, 0.717) is 13.0 Å². The largest absolute Gasteiger partial charge is 0.481 e. The van der Waals surface area contributed by atoms with Gasteiger partial charge in [0.1, 0.15) is 0 Å². The molecule has 0 aromatic heterocycles. The zero-order valence-electron chi connectivity index (χ0n) is 10.8. The van der Waals surface area contributed by atoms with Gasteiger partial charge >= 0.3 is 11.9 Å². The number of aliphatic carboxylic acids is 1. The van der Waals surface area contributed by atoms with Gasteiger partial charge in [0.25, 0.3) is 0 Å². The predicted octanol–water partition coefficient (Wildman–Crippen LogP) is 2.86. The molecular formula is C12H24O4. The van der Waals surface area contributed by atoms with E-state index < -0.39 is 5.97 Å². The van der Waals surface area contributed by atoms with E-state index in [0.717, 1.165) is 19.3 Å². The van der Waals surface area contributed by atoms with Crippen LogP contribution in [0, 0.1) is 5.92 Å². The van der Waals surface area contributed by atoms with E-state index in [4.69, 9.17) is 9.84 Å². The van der Waals surface area contributed by atoms with Gasteiger partial charge in [0.2, 0.25) is 0 Å². The minimum absolute atomic E-state index is 0.105. The van der Waals surface area contributed by atoms with Gasteiger partial charge in [-0.05, 0) is 12.8 Å². The summed E-state index contributed by atoms with van der Waals surface area (Å²) in [6, 6.07) is 0. The monoisotopic (exact) mass is 232 g/mol. The minimum Gasteiger partial charge on any atom is -0.481 e. The number of carbonyl (C=O) groups is 2. The maximum absolute atomic E-state index is 10.3. The number of hydrogen-bond donors (Lipinski definition) is 1. The molecular weight excluding hydrogens is 208 g/mol. The first kappa shape index (κ1) is 17.3. The molecule has 0 radical (unpaired) electrons. The Morgan fingerprint density at radius 1 is 1.19 bits per heavy atom. The Morgan fingerprint density at radius 3 is 2.00 bits per heavy atom. The van der Waals surface area contributed by atoms with E-state index in [-0.39, 0.29) is 11.9 Å². The lowest BCUT2D eigenvalue weighted by Crippen LogP contribution is -2.08. The van der Waals surface area contributed by atoms with E-state index in [1.165, 1.54) is 0 Å². The second-order valence-electron chi connectivity index (χ2n) is 3.60. The number of esters is 1. The van der Waals surface area contributed by atoms with Crippen LogP contribution in [0.1, 0.15) is 53.4 Å². The summed E-state index contributed by atoms with van der Waals surface area (Å²) in [4.78, 5) is 20.4. The minimum atomic E-state index is -0.688. The van der Waals surface area contributed by atoms with Crippen LogP contribution < -0.4 is 0 Å². The van der Waals surface area contributed by atoms with Crippen molar-refractivity contribution in [3.05, 3.63) is 0 Å². The third kappa shape index (κ3) is 12.9. The summed E-state index contributed by atoms with van der Waals surface area (Å²) >= 11 is 0. The molecule has 16 heavy (non-hydrogen) atoms. The normalized spacial score (nSPS) is 11.0. The van der Waals surface area contributed by atoms with E-state index in [2.05, 4.69) is 0 Å². The molecule has 0 saturated heterocycles. The van der Waals surface area contributed by atoms with Crippen molar-refractivity contribution in [3.63, 3.8) is 0 Å². The van der Waals surface area contributed by atoms with Crippen LogP contribution in [0.4, 0.5) is 0 Å². The molecule has 0 amide bonds. The van der Waals surface area contributed by atoms with Crippen molar-refractivity contribution < 1.29 is 19.4 Å². The van der Waals surface area contributed by atoms with Gasteiger partial charge in [-0.15, -0.1) is 0 Å². The number of hydrogen-bond acceptors (Lipinski definition) is 3. The molecule has 0 heterocycles. The molecule has 0 bridgehead atoms. The Kier molecular flexibility index (Phi) is 13.0. The Morgan fingerprint density at radius 2 is 1.75 bits per heavy atom. The molecule has 1 atom stereocenters. The number of rotatable bonds is 6. The van der Waals surface area contributed by atoms with Crippen molar-refractivity contribution in [2.24, 2.45) is 5.92 Å². The molecule has 0 aromatic carbocycles. The smallest absolute Gasteiger partial charge is 0.306 e. The van der Waals surface area contributed by atoms with Crippen LogP contribution in [-0.2, 0) is 14.3 Å². The molecule has 96 valence electrons. The number of carboxylic acid groups (broad SMARTS) is 1. The average Bonchev–Trinajstić information content (AvgIpc) is 2.27. The molecule has 0 aliphatic carbocycles. The van der Waals surface area contributed by atoms with Crippen LogP contribution in [-0.4, -0.2) is 23.7 Å². The number of carboxylic acids is 1. The molecule has 0 fully saturated rings. The topological polar surface area (TPSA) is 63.6 Å². The summed E-state index contributed by atoms with van der Waals surface area (Å²) in [5, 5.41) is 8.31. The number of carbonyl (C=O) groups excluding carboxylic acids is 1. The van der Waals surface area contributed by atoms with Crippen LogP contribution in [0.3, 0.4) is 0 Å². The maximum Gasteiger partial charge on any atom is 0.306 e. The highest BCUT2D eigenvalue weighted by Crippen LogP contribution is 2.03. The van der Waals surface area contributed by atoms with Crippen molar-refractivity contribution >= 4 is 11.9 Å². The van der Waals surface area contributed by atoms with Gasteiger partial charge < -0.3 is 9.84 Å². The Bertz CT molecular complexity index is 187. The average molecular weight is 232 g/mol. The molecule has 0 saturated carbocycles. The Labute approximate surface area is 98.0 Å². The lowest BCUT2D eigenvalue weighted by atomic mass is 10.1. The first-order chi connectivity index (χ1) is 7.49. The zero-order chi connectivity index (χ0) is 13.0. The molecule has 1 N–H and O–H groups in total. The van der Waals surface area contributed by atoms with Crippen LogP contribution >= 0.6 is 0 Å². The Hall–Kier alpha value is -1.06. The van der Waals surface area contributed by atoms with Gasteiger partial charge in [0.15, 0.2) is 0 Å². The summed E-state index contributed by atoms with van der Waals surface area (Å²) in [5.74, 6) is -0.960. The van der Waals surface area contributed by atoms with Gasteiger partial charge in [-0.3, -0.25) is 9.59 Å². The zero-order valence-corrected chi connectivity index (χ0v) is 10.8. The van der Waals surface area contributed by atoms with Gasteiger partial charge in [0, 0.05) is 6.42 Å². The van der Waals surface area contributed by atoms with Crippen LogP contribution in [0.5, 0.6) is 0 Å². The molecule has 0 aliphatic rings. The van der Waals surface area contributed by atoms with Crippen LogP contribution in [0.15, 0.2) is 0 Å². The standard InChI is InChI=1S/2C6H12O2/c1-3-4-5(2)6(7)8;1-3-5-8-6(7)4-2/h5H,3-4H2,1-2H3,(H,7,8);3-5H2,1-2H3. The lowest BCUT2D eigenvalue weighted by molar-refractivity contribution is -0.143. The predicted molar refractivity (Wildman–Crippen MR) is 63.2 cm³/mol. The van der Waals surface area contributed by atoms with E-state index in [1.807, 2.05) is 13.8 Å². The molecule has 4 heteroatoms. The van der Waals surface area contributed by atoms with E-state index in [1.54, 1.807) is 13.8 Å². The highest BCUT2D eigenvalue weighted by molar-refractivity contribution is 5.69. The molecule has 0 aromatic rings. The van der Waals surface area contributed by atoms with Crippen molar-refractivity contribution in [1.29, 1.82) is 0 Å². The fraction of sp³-hybridized carbons (Fsp3) is 0.833. The van der Waals surface area contributed by atoms with Gasteiger partial charge in [-0.2, -0.15) is 0 Å². The lowest BCUT2D eigenvalue weighted by Gasteiger charge is -2.00. The van der Waals surface area contributed by atoms with E-state index in [9.17, 15) is 9.59 Å². The van der Waals surface area contributed by atoms with Crippen molar-refractivity contribution in [2.45, 2.75) is 53.4 Å². The van der Waals surface area contributed by atoms with Gasteiger partial charge in [0.05, 0.1) is 12.5 Å². The van der Waals surface area contributed by atoms with E-state index >= 15 is 0 Å². The molecule has 1 unspecified atom stereocenters. The van der Waals surface area contributed by atoms with Crippen LogP contribution in [0.2, 0.25) is 0 Å². The van der Waals surface area contributed by atoms with Gasteiger partial charge in [-0.1, -0.05) is 34.1 Å². The second kappa shape index (κ2) is 12.0. The third-order valence-corrected chi connectivity index (χ3v) is 1.90. The van der Waals surface area contributed by atoms with Crippen molar-refractivity contribution in [3.8, 4) is 0 Å². The summed E-state index contributed by atoms with van der Waals surface area (Å²) in [6.07, 6.45) is 3.13. The first-order valence-corrected chi connectivity index (χ1v) is 5.87. The second-order valence-corrected chi connectivity index (χ2v) is 3.60. The first-order valence-electron chi connectivity index (χ1n) is 5.87. The summed E-state index contributed by atoms with van der Waals surface area (Å²) in [6.45, 7) is 8.04. The maximum atomic E-state index is 10.3. The molecule has 0 aliphatic heterocycles. The summed E-state index contributed by atoms with van der Waals surface area (Å²) in [7, 11) is 0. The fourth-order valence-corrected chi connectivity index (χ4v) is 0.874. The van der Waals surface area contributed by atoms with Gasteiger partial charge in [-0.25, -0.2) is 0 Å². The quantitative estimate of drug-likeness (QED) is 0.715. The fourth-order valence-electron chi connectivity index (χ4n) is 0.874. The van der Waals surface area contributed by atoms with Crippen LogP contribution in [0.25, 0.3) is 0 Å². The SMILES string of the molecule is CCCC(C)C(=O)O.CCCOC(=O)CC. The molecule has 0 spiro atoms. The number of ether oxygens (including phenoxy) is 1. The Balaban J connectivity index is 0.